The predicted molar refractivity (Wildman–Crippen MR) is 92.7 cm³/mol. The lowest BCUT2D eigenvalue weighted by Crippen LogP contribution is -2.19. The second-order valence-electron chi connectivity index (χ2n) is 4.92. The van der Waals surface area contributed by atoms with Crippen molar-refractivity contribution in [2.75, 3.05) is 13.3 Å². The first-order valence-electron chi connectivity index (χ1n) is 6.65. The summed E-state index contributed by atoms with van der Waals surface area (Å²) >= 11 is 5.41. The Kier molecular flexibility index (Phi) is 5.30. The van der Waals surface area contributed by atoms with E-state index in [4.69, 9.17) is 0 Å². The first kappa shape index (κ1) is 15.6. The van der Waals surface area contributed by atoms with Gasteiger partial charge in [-0.15, -0.1) is 11.8 Å². The smallest absolute Gasteiger partial charge is 0.0588 e. The third kappa shape index (κ3) is 3.11. The van der Waals surface area contributed by atoms with Crippen molar-refractivity contribution >= 4 is 27.7 Å². The fourth-order valence-corrected chi connectivity index (χ4v) is 3.59. The highest BCUT2D eigenvalue weighted by atomic mass is 79.9. The molecular weight excluding hydrogens is 330 g/mol. The van der Waals surface area contributed by atoms with Crippen molar-refractivity contribution in [1.82, 2.24) is 5.32 Å². The lowest BCUT2D eigenvalue weighted by atomic mass is 9.93. The van der Waals surface area contributed by atoms with E-state index in [9.17, 15) is 0 Å². The summed E-state index contributed by atoms with van der Waals surface area (Å²) in [5.74, 6) is 0. The molecule has 0 aromatic heterocycles. The maximum absolute atomic E-state index is 3.61. The van der Waals surface area contributed by atoms with Gasteiger partial charge in [-0.3, -0.25) is 0 Å². The van der Waals surface area contributed by atoms with Crippen LogP contribution >= 0.6 is 27.7 Å². The Hall–Kier alpha value is -0.770. The second kappa shape index (κ2) is 6.79. The van der Waals surface area contributed by atoms with Crippen LogP contribution in [0.15, 0.2) is 45.8 Å². The standard InChI is InChI=1S/C17H20BrNS/c1-11-10-15(18)12(2)9-14(11)17(19-3)13-7-5-6-8-16(13)20-4/h5-10,17,19H,1-4H3. The zero-order chi connectivity index (χ0) is 14.7. The summed E-state index contributed by atoms with van der Waals surface area (Å²) in [6.45, 7) is 4.31. The van der Waals surface area contributed by atoms with Crippen molar-refractivity contribution in [3.63, 3.8) is 0 Å². The number of hydrogen-bond acceptors (Lipinski definition) is 2. The van der Waals surface area contributed by atoms with E-state index in [0.29, 0.717) is 0 Å². The van der Waals surface area contributed by atoms with Gasteiger partial charge in [0.25, 0.3) is 0 Å². The second-order valence-corrected chi connectivity index (χ2v) is 6.62. The van der Waals surface area contributed by atoms with Crippen LogP contribution in [-0.2, 0) is 0 Å². The Labute approximate surface area is 134 Å². The number of hydrogen-bond donors (Lipinski definition) is 1. The van der Waals surface area contributed by atoms with Gasteiger partial charge in [0.15, 0.2) is 0 Å². The quantitative estimate of drug-likeness (QED) is 0.770. The molecule has 1 N–H and O–H groups in total. The predicted octanol–water partition coefficient (Wildman–Crippen LogP) is 5.10. The van der Waals surface area contributed by atoms with E-state index >= 15 is 0 Å². The largest absolute Gasteiger partial charge is 0.309 e. The first-order chi connectivity index (χ1) is 9.58. The molecule has 2 rings (SSSR count). The van der Waals surface area contributed by atoms with Gasteiger partial charge in [0.1, 0.15) is 0 Å². The van der Waals surface area contributed by atoms with E-state index in [-0.39, 0.29) is 6.04 Å². The van der Waals surface area contributed by atoms with Gasteiger partial charge in [0.2, 0.25) is 0 Å². The van der Waals surface area contributed by atoms with E-state index in [1.165, 1.54) is 31.6 Å². The molecule has 0 radical (unpaired) electrons. The van der Waals surface area contributed by atoms with Crippen LogP contribution in [0.25, 0.3) is 0 Å². The highest BCUT2D eigenvalue weighted by molar-refractivity contribution is 9.10. The lowest BCUT2D eigenvalue weighted by molar-refractivity contribution is 0.675. The topological polar surface area (TPSA) is 12.0 Å². The molecule has 1 unspecified atom stereocenters. The van der Waals surface area contributed by atoms with Gasteiger partial charge in [-0.1, -0.05) is 40.2 Å². The minimum Gasteiger partial charge on any atom is -0.309 e. The molecule has 0 aliphatic rings. The zero-order valence-electron chi connectivity index (χ0n) is 12.3. The monoisotopic (exact) mass is 349 g/mol. The van der Waals surface area contributed by atoms with Crippen molar-refractivity contribution in [3.8, 4) is 0 Å². The summed E-state index contributed by atoms with van der Waals surface area (Å²) in [5.41, 5.74) is 5.26. The van der Waals surface area contributed by atoms with E-state index < -0.39 is 0 Å². The fraction of sp³-hybridized carbons (Fsp3) is 0.294. The Morgan fingerprint density at radius 1 is 1.05 bits per heavy atom. The van der Waals surface area contributed by atoms with Crippen LogP contribution in [0.3, 0.4) is 0 Å². The van der Waals surface area contributed by atoms with E-state index in [1.54, 1.807) is 11.8 Å². The molecule has 0 fully saturated rings. The molecule has 2 aromatic rings. The highest BCUT2D eigenvalue weighted by Crippen LogP contribution is 2.33. The first-order valence-corrected chi connectivity index (χ1v) is 8.67. The average Bonchev–Trinajstić information content (AvgIpc) is 2.45. The molecule has 0 aliphatic heterocycles. The molecule has 1 nitrogen and oxygen atoms in total. The molecular formula is C17H20BrNS. The third-order valence-electron chi connectivity index (χ3n) is 3.60. The molecule has 0 saturated heterocycles. The van der Waals surface area contributed by atoms with E-state index in [0.717, 1.165) is 0 Å². The molecule has 3 heteroatoms. The summed E-state index contributed by atoms with van der Waals surface area (Å²) in [5, 5.41) is 3.47. The van der Waals surface area contributed by atoms with Crippen LogP contribution in [-0.4, -0.2) is 13.3 Å². The summed E-state index contributed by atoms with van der Waals surface area (Å²) < 4.78 is 1.17. The molecule has 0 aliphatic carbocycles. The number of aryl methyl sites for hydroxylation is 2. The Morgan fingerprint density at radius 3 is 2.40 bits per heavy atom. The normalized spacial score (nSPS) is 12.4. The lowest BCUT2D eigenvalue weighted by Gasteiger charge is -2.22. The minimum atomic E-state index is 0.227. The Balaban J connectivity index is 2.55. The Bertz CT molecular complexity index is 610. The van der Waals surface area contributed by atoms with Gasteiger partial charge >= 0.3 is 0 Å². The molecule has 2 aromatic carbocycles. The van der Waals surface area contributed by atoms with Crippen LogP contribution in [0.4, 0.5) is 0 Å². The number of rotatable bonds is 4. The van der Waals surface area contributed by atoms with Crippen LogP contribution in [0, 0.1) is 13.8 Å². The summed E-state index contributed by atoms with van der Waals surface area (Å²) in [4.78, 5) is 1.33. The number of halogens is 1. The Morgan fingerprint density at radius 2 is 1.75 bits per heavy atom. The molecule has 0 saturated carbocycles. The number of nitrogens with one attached hydrogen (secondary N) is 1. The van der Waals surface area contributed by atoms with Crippen LogP contribution in [0.2, 0.25) is 0 Å². The van der Waals surface area contributed by atoms with E-state index in [1.807, 2.05) is 7.05 Å². The SMILES string of the molecule is CNC(c1cc(C)c(Br)cc1C)c1ccccc1SC. The number of thioether (sulfide) groups is 1. The van der Waals surface area contributed by atoms with Crippen LogP contribution in [0.5, 0.6) is 0 Å². The van der Waals surface area contributed by atoms with E-state index in [2.05, 4.69) is 77.7 Å². The molecule has 1 atom stereocenters. The highest BCUT2D eigenvalue weighted by Gasteiger charge is 2.18. The zero-order valence-corrected chi connectivity index (χ0v) is 14.7. The van der Waals surface area contributed by atoms with Gasteiger partial charge < -0.3 is 5.32 Å². The van der Waals surface area contributed by atoms with Crippen molar-refractivity contribution in [1.29, 1.82) is 0 Å². The van der Waals surface area contributed by atoms with Crippen LogP contribution < -0.4 is 5.32 Å². The molecule has 0 heterocycles. The summed E-state index contributed by atoms with van der Waals surface area (Å²) in [6, 6.07) is 13.3. The molecule has 20 heavy (non-hydrogen) atoms. The molecule has 0 amide bonds. The average molecular weight is 350 g/mol. The summed E-state index contributed by atoms with van der Waals surface area (Å²) in [6.07, 6.45) is 2.13. The fourth-order valence-electron chi connectivity index (χ4n) is 2.50. The van der Waals surface area contributed by atoms with Crippen molar-refractivity contribution < 1.29 is 0 Å². The van der Waals surface area contributed by atoms with Crippen molar-refractivity contribution in [3.05, 3.63) is 63.1 Å². The molecule has 106 valence electrons. The maximum Gasteiger partial charge on any atom is 0.0588 e. The maximum atomic E-state index is 3.61. The van der Waals surface area contributed by atoms with Crippen molar-refractivity contribution in [2.24, 2.45) is 0 Å². The number of benzene rings is 2. The molecule has 0 spiro atoms. The minimum absolute atomic E-state index is 0.227. The van der Waals surface area contributed by atoms with Gasteiger partial charge in [-0.25, -0.2) is 0 Å². The third-order valence-corrected chi connectivity index (χ3v) is 5.26. The van der Waals surface area contributed by atoms with Gasteiger partial charge in [0.05, 0.1) is 6.04 Å². The van der Waals surface area contributed by atoms with Gasteiger partial charge in [0, 0.05) is 9.37 Å². The van der Waals surface area contributed by atoms with Gasteiger partial charge in [-0.2, -0.15) is 0 Å². The molecule has 0 bridgehead atoms. The van der Waals surface area contributed by atoms with Crippen molar-refractivity contribution in [2.45, 2.75) is 24.8 Å². The van der Waals surface area contributed by atoms with Gasteiger partial charge in [-0.05, 0) is 61.5 Å². The van der Waals surface area contributed by atoms with Crippen LogP contribution in [0.1, 0.15) is 28.3 Å². The summed E-state index contributed by atoms with van der Waals surface area (Å²) in [7, 11) is 2.03.